The molecule has 7 heteroatoms. The Balaban J connectivity index is 1.57. The average molecular weight is 451 g/mol. The van der Waals surface area contributed by atoms with Crippen molar-refractivity contribution in [1.82, 2.24) is 4.98 Å². The van der Waals surface area contributed by atoms with Crippen LogP contribution in [0.25, 0.3) is 10.9 Å². The van der Waals surface area contributed by atoms with E-state index in [4.69, 9.17) is 4.74 Å². The number of ether oxygens (including phenoxy) is 1. The normalized spacial score (nSPS) is 10.7. The molecule has 0 aliphatic heterocycles. The number of amides is 1. The quantitative estimate of drug-likeness (QED) is 0.406. The Morgan fingerprint density at radius 1 is 0.966 bits per heavy atom. The van der Waals surface area contributed by atoms with E-state index in [2.05, 4.69) is 26.2 Å². The summed E-state index contributed by atoms with van der Waals surface area (Å²) >= 11 is 3.32. The van der Waals surface area contributed by atoms with Crippen molar-refractivity contribution in [3.63, 3.8) is 0 Å². The van der Waals surface area contributed by atoms with Gasteiger partial charge in [0.25, 0.3) is 11.5 Å². The van der Waals surface area contributed by atoms with E-state index in [0.29, 0.717) is 32.6 Å². The lowest BCUT2D eigenvalue weighted by atomic mass is 10.1. The number of fused-ring (bicyclic) bond motifs is 1. The predicted molar refractivity (Wildman–Crippen MR) is 115 cm³/mol. The smallest absolute Gasteiger partial charge is 0.265 e. The molecule has 0 aliphatic rings. The fraction of sp³-hybridized carbons (Fsp3) is 0. The molecule has 1 heterocycles. The van der Waals surface area contributed by atoms with Crippen molar-refractivity contribution in [3.05, 3.63) is 93.2 Å². The zero-order chi connectivity index (χ0) is 20.4. The van der Waals surface area contributed by atoms with Gasteiger partial charge >= 0.3 is 0 Å². The topological polar surface area (TPSA) is 91.4 Å². The summed E-state index contributed by atoms with van der Waals surface area (Å²) in [6, 6.07) is 21.0. The van der Waals surface area contributed by atoms with Crippen LogP contribution in [0.15, 0.2) is 82.1 Å². The van der Waals surface area contributed by atoms with Crippen molar-refractivity contribution in [2.24, 2.45) is 0 Å². The van der Waals surface area contributed by atoms with Crippen LogP contribution in [0.2, 0.25) is 0 Å². The Hall–Kier alpha value is -3.58. The summed E-state index contributed by atoms with van der Waals surface area (Å²) in [5, 5.41) is 13.5. The van der Waals surface area contributed by atoms with E-state index in [1.807, 2.05) is 30.3 Å². The third-order valence-electron chi connectivity index (χ3n) is 4.27. The summed E-state index contributed by atoms with van der Waals surface area (Å²) < 4.78 is 6.42. The van der Waals surface area contributed by atoms with Crippen molar-refractivity contribution in [2.75, 3.05) is 5.32 Å². The third-order valence-corrected chi connectivity index (χ3v) is 4.76. The molecule has 4 aromatic rings. The average Bonchev–Trinajstić information content (AvgIpc) is 2.71. The van der Waals surface area contributed by atoms with Crippen molar-refractivity contribution in [1.29, 1.82) is 0 Å². The number of pyridine rings is 1. The molecule has 3 N–H and O–H groups in total. The van der Waals surface area contributed by atoms with Gasteiger partial charge in [-0.05, 0) is 54.6 Å². The molecule has 1 amide bonds. The van der Waals surface area contributed by atoms with Gasteiger partial charge < -0.3 is 20.1 Å². The van der Waals surface area contributed by atoms with Gasteiger partial charge in [-0.2, -0.15) is 0 Å². The van der Waals surface area contributed by atoms with Crippen LogP contribution in [0.5, 0.6) is 17.2 Å². The van der Waals surface area contributed by atoms with Crippen LogP contribution in [-0.2, 0) is 0 Å². The van der Waals surface area contributed by atoms with E-state index in [0.717, 1.165) is 0 Å². The molecule has 144 valence electrons. The molecule has 0 atom stereocenters. The predicted octanol–water partition coefficient (Wildman–Crippen LogP) is 5.04. The number of para-hydroxylation sites is 1. The molecule has 0 saturated carbocycles. The fourth-order valence-corrected chi connectivity index (χ4v) is 3.24. The summed E-state index contributed by atoms with van der Waals surface area (Å²) in [7, 11) is 0. The zero-order valence-corrected chi connectivity index (χ0v) is 16.6. The molecule has 0 radical (unpaired) electrons. The minimum absolute atomic E-state index is 0.347. The van der Waals surface area contributed by atoms with E-state index in [1.54, 1.807) is 42.5 Å². The summed E-state index contributed by atoms with van der Waals surface area (Å²) in [5.74, 6) is 0.224. The first-order valence-corrected chi connectivity index (χ1v) is 9.49. The lowest BCUT2D eigenvalue weighted by Crippen LogP contribution is -2.23. The van der Waals surface area contributed by atoms with Gasteiger partial charge in [-0.15, -0.1) is 0 Å². The van der Waals surface area contributed by atoms with Crippen molar-refractivity contribution in [3.8, 4) is 17.2 Å². The van der Waals surface area contributed by atoms with Crippen LogP contribution in [0.4, 0.5) is 5.69 Å². The summed E-state index contributed by atoms with van der Waals surface area (Å²) in [6.07, 6.45) is 0. The Morgan fingerprint density at radius 3 is 2.38 bits per heavy atom. The molecule has 0 unspecified atom stereocenters. The van der Waals surface area contributed by atoms with Gasteiger partial charge in [0, 0.05) is 15.5 Å². The lowest BCUT2D eigenvalue weighted by Gasteiger charge is -2.10. The van der Waals surface area contributed by atoms with Gasteiger partial charge in [-0.1, -0.05) is 34.1 Å². The number of anilines is 1. The molecule has 0 fully saturated rings. The number of benzene rings is 3. The number of aromatic nitrogens is 1. The SMILES string of the molecule is O=C(Nc1ccc(Oc2ccccc2)cc1)c1c(O)c2cc(Br)ccc2[nH]c1=O. The van der Waals surface area contributed by atoms with Gasteiger partial charge in [0.1, 0.15) is 22.8 Å². The fourth-order valence-electron chi connectivity index (χ4n) is 2.88. The number of hydrogen-bond donors (Lipinski definition) is 3. The van der Waals surface area contributed by atoms with Crippen LogP contribution in [0, 0.1) is 0 Å². The van der Waals surface area contributed by atoms with Gasteiger partial charge in [0.15, 0.2) is 0 Å². The molecule has 3 aromatic carbocycles. The number of nitrogens with one attached hydrogen (secondary N) is 2. The number of H-pyrrole nitrogens is 1. The van der Waals surface area contributed by atoms with Crippen molar-refractivity contribution >= 4 is 38.4 Å². The number of carbonyl (C=O) groups is 1. The lowest BCUT2D eigenvalue weighted by molar-refractivity contribution is 0.102. The van der Waals surface area contributed by atoms with Gasteiger partial charge in [0.05, 0.1) is 5.52 Å². The minimum Gasteiger partial charge on any atom is -0.506 e. The van der Waals surface area contributed by atoms with E-state index < -0.39 is 11.5 Å². The van der Waals surface area contributed by atoms with Crippen LogP contribution in [-0.4, -0.2) is 16.0 Å². The van der Waals surface area contributed by atoms with Gasteiger partial charge in [-0.3, -0.25) is 9.59 Å². The first kappa shape index (κ1) is 18.8. The summed E-state index contributed by atoms with van der Waals surface area (Å²) in [4.78, 5) is 27.6. The standard InChI is InChI=1S/C22H15BrN2O4/c23-13-6-11-18-17(12-13)20(26)19(22(28)25-18)21(27)24-14-7-9-16(10-8-14)29-15-4-2-1-3-5-15/h1-12H,(H,24,27)(H2,25,26,28). The summed E-state index contributed by atoms with van der Waals surface area (Å²) in [6.45, 7) is 0. The molecular weight excluding hydrogens is 436 g/mol. The van der Waals surface area contributed by atoms with E-state index in [9.17, 15) is 14.7 Å². The second-order valence-electron chi connectivity index (χ2n) is 6.26. The van der Waals surface area contributed by atoms with Crippen molar-refractivity contribution in [2.45, 2.75) is 0 Å². The Morgan fingerprint density at radius 2 is 1.66 bits per heavy atom. The molecule has 0 saturated heterocycles. The minimum atomic E-state index is -0.706. The maximum atomic E-state index is 12.6. The molecule has 4 rings (SSSR count). The highest BCUT2D eigenvalue weighted by Gasteiger charge is 2.19. The molecule has 6 nitrogen and oxygen atoms in total. The first-order valence-electron chi connectivity index (χ1n) is 8.70. The molecule has 29 heavy (non-hydrogen) atoms. The molecule has 0 bridgehead atoms. The number of hydrogen-bond acceptors (Lipinski definition) is 4. The largest absolute Gasteiger partial charge is 0.506 e. The Labute approximate surface area is 173 Å². The summed E-state index contributed by atoms with van der Waals surface area (Å²) in [5.41, 5.74) is -0.114. The van der Waals surface area contributed by atoms with Gasteiger partial charge in [-0.25, -0.2) is 0 Å². The van der Waals surface area contributed by atoms with E-state index >= 15 is 0 Å². The second kappa shape index (κ2) is 7.81. The highest BCUT2D eigenvalue weighted by molar-refractivity contribution is 9.10. The van der Waals surface area contributed by atoms with E-state index in [1.165, 1.54) is 0 Å². The van der Waals surface area contributed by atoms with Crippen LogP contribution in [0.3, 0.4) is 0 Å². The molecular formula is C22H15BrN2O4. The van der Waals surface area contributed by atoms with Crippen LogP contribution < -0.4 is 15.6 Å². The number of carbonyl (C=O) groups excluding carboxylic acids is 1. The first-order chi connectivity index (χ1) is 14.0. The highest BCUT2D eigenvalue weighted by atomic mass is 79.9. The second-order valence-corrected chi connectivity index (χ2v) is 7.18. The number of halogens is 1. The zero-order valence-electron chi connectivity index (χ0n) is 15.0. The number of aromatic amines is 1. The number of rotatable bonds is 4. The highest BCUT2D eigenvalue weighted by Crippen LogP contribution is 2.28. The Bertz CT molecular complexity index is 1250. The Kier molecular flexibility index (Phi) is 5.05. The van der Waals surface area contributed by atoms with Crippen LogP contribution in [0.1, 0.15) is 10.4 Å². The molecule has 0 aliphatic carbocycles. The third kappa shape index (κ3) is 4.00. The number of aromatic hydroxyl groups is 1. The van der Waals surface area contributed by atoms with Crippen molar-refractivity contribution < 1.29 is 14.6 Å². The maximum absolute atomic E-state index is 12.6. The van der Waals surface area contributed by atoms with E-state index in [-0.39, 0.29) is 11.3 Å². The monoisotopic (exact) mass is 450 g/mol. The molecule has 1 aromatic heterocycles. The molecule has 0 spiro atoms. The van der Waals surface area contributed by atoms with Gasteiger partial charge in [0.2, 0.25) is 0 Å². The van der Waals surface area contributed by atoms with Crippen LogP contribution >= 0.6 is 15.9 Å². The maximum Gasteiger partial charge on any atom is 0.265 e.